The van der Waals surface area contributed by atoms with Crippen LogP contribution in [-0.2, 0) is 9.59 Å². The maximum atomic E-state index is 11.7. The van der Waals surface area contributed by atoms with Gasteiger partial charge in [-0.15, -0.1) is 0 Å². The lowest BCUT2D eigenvalue weighted by Crippen LogP contribution is -2.35. The van der Waals surface area contributed by atoms with Gasteiger partial charge in [0.1, 0.15) is 0 Å². The molecule has 4 aliphatic rings. The molecule has 0 amide bonds. The van der Waals surface area contributed by atoms with Gasteiger partial charge in [0.15, 0.2) is 0 Å². The molecule has 0 aromatic heterocycles. The van der Waals surface area contributed by atoms with Crippen LogP contribution in [0.3, 0.4) is 0 Å². The molecule has 4 fully saturated rings. The van der Waals surface area contributed by atoms with Crippen LogP contribution in [0.4, 0.5) is 0 Å². The monoisotopic (exact) mass is 264 g/mol. The van der Waals surface area contributed by atoms with Crippen LogP contribution in [0.1, 0.15) is 39.5 Å². The number of hydrogen-bond acceptors (Lipinski definition) is 2. The number of aliphatic carboxylic acids is 2. The maximum Gasteiger partial charge on any atom is 0.330 e. The van der Waals surface area contributed by atoms with Gasteiger partial charge in [-0.2, -0.15) is 0 Å². The molecule has 3 atom stereocenters. The Kier molecular flexibility index (Phi) is 2.42. The average molecular weight is 264 g/mol. The number of allylic oxidation sites excluding steroid dienone is 1. The molecule has 4 aliphatic carbocycles. The first-order chi connectivity index (χ1) is 8.85. The van der Waals surface area contributed by atoms with Crippen LogP contribution in [-0.4, -0.2) is 22.2 Å². The quantitative estimate of drug-likeness (QED) is 0.748. The lowest BCUT2D eigenvalue weighted by molar-refractivity contribution is -0.149. The minimum absolute atomic E-state index is 0.135. The van der Waals surface area contributed by atoms with E-state index >= 15 is 0 Å². The van der Waals surface area contributed by atoms with Crippen molar-refractivity contribution in [2.45, 2.75) is 39.5 Å². The standard InChI is InChI=1S/C15H20O4/c1-8(12(16)17)4-3-5-14(2)9-6-10-11(7-9)15(10,14)13(18)19/h4,9-11H,3,5-7H2,1-2H3,(H,16,17)(H,18,19). The second kappa shape index (κ2) is 3.62. The smallest absolute Gasteiger partial charge is 0.330 e. The van der Waals surface area contributed by atoms with Crippen LogP contribution in [0.2, 0.25) is 0 Å². The van der Waals surface area contributed by atoms with Gasteiger partial charge in [0, 0.05) is 5.57 Å². The molecule has 0 heterocycles. The summed E-state index contributed by atoms with van der Waals surface area (Å²) >= 11 is 0. The maximum absolute atomic E-state index is 11.7. The fraction of sp³-hybridized carbons (Fsp3) is 0.733. The van der Waals surface area contributed by atoms with Gasteiger partial charge in [-0.3, -0.25) is 4.79 Å². The van der Waals surface area contributed by atoms with E-state index in [-0.39, 0.29) is 5.41 Å². The first kappa shape index (κ1) is 12.7. The molecule has 4 heteroatoms. The average Bonchev–Trinajstić information content (AvgIpc) is 2.61. The van der Waals surface area contributed by atoms with E-state index in [1.54, 1.807) is 13.0 Å². The Balaban J connectivity index is 1.76. The van der Waals surface area contributed by atoms with Gasteiger partial charge >= 0.3 is 11.9 Å². The highest BCUT2D eigenvalue weighted by atomic mass is 16.4. The number of rotatable bonds is 5. The van der Waals surface area contributed by atoms with E-state index in [2.05, 4.69) is 6.92 Å². The van der Waals surface area contributed by atoms with Crippen molar-refractivity contribution in [3.8, 4) is 0 Å². The summed E-state index contributed by atoms with van der Waals surface area (Å²) in [6.45, 7) is 3.70. The molecule has 4 saturated carbocycles. The zero-order valence-corrected chi connectivity index (χ0v) is 11.3. The number of carboxylic acids is 2. The van der Waals surface area contributed by atoms with Gasteiger partial charge in [-0.25, -0.2) is 4.79 Å². The molecule has 0 aromatic rings. The Morgan fingerprint density at radius 2 is 1.84 bits per heavy atom. The van der Waals surface area contributed by atoms with E-state index in [1.165, 1.54) is 0 Å². The van der Waals surface area contributed by atoms with E-state index in [1.807, 2.05) is 0 Å². The molecular formula is C15H20O4. The summed E-state index contributed by atoms with van der Waals surface area (Å²) < 4.78 is 0. The molecule has 0 radical (unpaired) electrons. The molecule has 0 aromatic carbocycles. The Labute approximate surface area is 112 Å². The van der Waals surface area contributed by atoms with Crippen molar-refractivity contribution in [2.75, 3.05) is 0 Å². The molecule has 0 spiro atoms. The summed E-state index contributed by atoms with van der Waals surface area (Å²) in [5.41, 5.74) is -0.266. The number of carbonyl (C=O) groups is 2. The summed E-state index contributed by atoms with van der Waals surface area (Å²) in [5, 5.41) is 18.5. The lowest BCUT2D eigenvalue weighted by Gasteiger charge is -2.33. The summed E-state index contributed by atoms with van der Waals surface area (Å²) in [7, 11) is 0. The van der Waals surface area contributed by atoms with E-state index < -0.39 is 17.4 Å². The van der Waals surface area contributed by atoms with Gasteiger partial charge in [0.05, 0.1) is 5.41 Å². The lowest BCUT2D eigenvalue weighted by atomic mass is 9.70. The fourth-order valence-electron chi connectivity index (χ4n) is 5.30. The third-order valence-corrected chi connectivity index (χ3v) is 6.27. The van der Waals surface area contributed by atoms with Crippen molar-refractivity contribution < 1.29 is 19.8 Å². The third kappa shape index (κ3) is 1.30. The predicted molar refractivity (Wildman–Crippen MR) is 68.5 cm³/mol. The van der Waals surface area contributed by atoms with Crippen molar-refractivity contribution in [3.05, 3.63) is 11.6 Å². The van der Waals surface area contributed by atoms with Gasteiger partial charge in [0.25, 0.3) is 0 Å². The second-order valence-corrected chi connectivity index (χ2v) is 6.70. The molecule has 3 unspecified atom stereocenters. The molecule has 2 N–H and O–H groups in total. The number of carboxylic acid groups (broad SMARTS) is 2. The normalized spacial score (nSPS) is 46.4. The molecule has 0 saturated heterocycles. The zero-order chi connectivity index (χ0) is 14.0. The molecule has 4 rings (SSSR count). The Morgan fingerprint density at radius 3 is 2.32 bits per heavy atom. The Hall–Kier alpha value is -1.32. The topological polar surface area (TPSA) is 74.6 Å². The summed E-state index contributed by atoms with van der Waals surface area (Å²) in [5.74, 6) is -0.201. The van der Waals surface area contributed by atoms with Crippen molar-refractivity contribution in [3.63, 3.8) is 0 Å². The summed E-state index contributed by atoms with van der Waals surface area (Å²) in [4.78, 5) is 22.5. The van der Waals surface area contributed by atoms with Crippen molar-refractivity contribution >= 4 is 11.9 Å². The molecule has 4 nitrogen and oxygen atoms in total. The van der Waals surface area contributed by atoms with Crippen LogP contribution in [0.15, 0.2) is 11.6 Å². The van der Waals surface area contributed by atoms with Gasteiger partial charge in [0.2, 0.25) is 0 Å². The highest BCUT2D eigenvalue weighted by molar-refractivity contribution is 5.85. The molecule has 0 aliphatic heterocycles. The third-order valence-electron chi connectivity index (χ3n) is 6.27. The zero-order valence-electron chi connectivity index (χ0n) is 11.3. The highest BCUT2D eigenvalue weighted by Crippen LogP contribution is 2.87. The van der Waals surface area contributed by atoms with Crippen LogP contribution in [0, 0.1) is 28.6 Å². The van der Waals surface area contributed by atoms with Crippen LogP contribution < -0.4 is 0 Å². The van der Waals surface area contributed by atoms with E-state index in [0.29, 0.717) is 29.7 Å². The fourth-order valence-corrected chi connectivity index (χ4v) is 5.30. The highest BCUT2D eigenvalue weighted by Gasteiger charge is 2.87. The van der Waals surface area contributed by atoms with E-state index in [0.717, 1.165) is 19.3 Å². The van der Waals surface area contributed by atoms with Gasteiger partial charge in [-0.05, 0) is 55.8 Å². The van der Waals surface area contributed by atoms with E-state index in [4.69, 9.17) is 5.11 Å². The molecular weight excluding hydrogens is 244 g/mol. The molecule has 19 heavy (non-hydrogen) atoms. The van der Waals surface area contributed by atoms with Crippen LogP contribution in [0.5, 0.6) is 0 Å². The second-order valence-electron chi connectivity index (χ2n) is 6.70. The van der Waals surface area contributed by atoms with Gasteiger partial charge in [-0.1, -0.05) is 13.0 Å². The Bertz CT molecular complexity index is 480. The summed E-state index contributed by atoms with van der Waals surface area (Å²) in [6.07, 6.45) is 5.32. The van der Waals surface area contributed by atoms with Crippen LogP contribution in [0.25, 0.3) is 0 Å². The predicted octanol–water partition coefficient (Wildman–Crippen LogP) is 2.54. The summed E-state index contributed by atoms with van der Waals surface area (Å²) in [6, 6.07) is 0. The van der Waals surface area contributed by atoms with Crippen LogP contribution >= 0.6 is 0 Å². The molecule has 104 valence electrons. The van der Waals surface area contributed by atoms with Crippen molar-refractivity contribution in [2.24, 2.45) is 28.6 Å². The molecule has 4 bridgehead atoms. The van der Waals surface area contributed by atoms with Gasteiger partial charge < -0.3 is 10.2 Å². The first-order valence-corrected chi connectivity index (χ1v) is 6.99. The van der Waals surface area contributed by atoms with E-state index in [9.17, 15) is 14.7 Å². The SMILES string of the molecule is CC(=CCCC1(C)C2CC3C(C2)C31C(=O)O)C(=O)O. The largest absolute Gasteiger partial charge is 0.481 e. The van der Waals surface area contributed by atoms with Crippen molar-refractivity contribution in [1.82, 2.24) is 0 Å². The minimum atomic E-state index is -0.891. The first-order valence-electron chi connectivity index (χ1n) is 6.99. The minimum Gasteiger partial charge on any atom is -0.481 e. The number of hydrogen-bond donors (Lipinski definition) is 2. The van der Waals surface area contributed by atoms with Crippen molar-refractivity contribution in [1.29, 1.82) is 0 Å². The Morgan fingerprint density at radius 1 is 1.26 bits per heavy atom.